The molecule has 1 saturated carbocycles. The summed E-state index contributed by atoms with van der Waals surface area (Å²) < 4.78 is 36.6. The molecule has 0 spiro atoms. The van der Waals surface area contributed by atoms with Gasteiger partial charge in [0.05, 0.1) is 5.56 Å². The lowest BCUT2D eigenvalue weighted by Crippen LogP contribution is -2.30. The monoisotopic (exact) mass is 306 g/mol. The Labute approximate surface area is 115 Å². The number of amides is 1. The summed E-state index contributed by atoms with van der Waals surface area (Å²) in [7, 11) is -2.73. The molecule has 1 amide bonds. The van der Waals surface area contributed by atoms with Gasteiger partial charge in [-0.1, -0.05) is 11.6 Å². The Bertz CT molecular complexity index is 644. The molecule has 1 fully saturated rings. The van der Waals surface area contributed by atoms with Crippen molar-refractivity contribution in [1.82, 2.24) is 4.90 Å². The van der Waals surface area contributed by atoms with E-state index in [1.165, 1.54) is 11.9 Å². The van der Waals surface area contributed by atoms with Crippen molar-refractivity contribution in [2.75, 3.05) is 7.05 Å². The molecule has 0 unspecified atom stereocenters. The van der Waals surface area contributed by atoms with Gasteiger partial charge in [-0.25, -0.2) is 17.9 Å². The fourth-order valence-corrected chi connectivity index (χ4v) is 2.68. The number of benzene rings is 1. The van der Waals surface area contributed by atoms with Gasteiger partial charge < -0.3 is 4.90 Å². The van der Waals surface area contributed by atoms with Crippen LogP contribution in [0.3, 0.4) is 0 Å². The number of hydrogen-bond donors (Lipinski definition) is 1. The Morgan fingerprint density at radius 3 is 2.53 bits per heavy atom. The fraction of sp³-hybridized carbons (Fsp3) is 0.364. The number of nitrogens with two attached hydrogens (primary N) is 1. The van der Waals surface area contributed by atoms with E-state index in [2.05, 4.69) is 0 Å². The molecule has 0 aliphatic heterocycles. The first kappa shape index (κ1) is 14.2. The van der Waals surface area contributed by atoms with Crippen molar-refractivity contribution in [3.05, 3.63) is 28.5 Å². The minimum atomic E-state index is -4.27. The highest BCUT2D eigenvalue weighted by atomic mass is 35.5. The molecule has 0 aromatic heterocycles. The predicted octanol–water partition coefficient (Wildman–Crippen LogP) is 1.36. The van der Waals surface area contributed by atoms with Crippen molar-refractivity contribution in [3.8, 4) is 0 Å². The van der Waals surface area contributed by atoms with Crippen LogP contribution in [0.2, 0.25) is 5.02 Å². The predicted molar refractivity (Wildman–Crippen MR) is 67.9 cm³/mol. The first-order valence-electron chi connectivity index (χ1n) is 5.51. The van der Waals surface area contributed by atoms with Gasteiger partial charge in [0.15, 0.2) is 5.82 Å². The molecule has 0 bridgehead atoms. The van der Waals surface area contributed by atoms with E-state index in [0.717, 1.165) is 25.0 Å². The number of primary sulfonamides is 1. The molecule has 8 heteroatoms. The lowest BCUT2D eigenvalue weighted by molar-refractivity contribution is 0.0780. The first-order chi connectivity index (χ1) is 8.71. The summed E-state index contributed by atoms with van der Waals surface area (Å²) in [4.78, 5) is 12.7. The maximum Gasteiger partial charge on any atom is 0.256 e. The van der Waals surface area contributed by atoms with E-state index in [9.17, 15) is 17.6 Å². The van der Waals surface area contributed by atoms with Crippen LogP contribution in [-0.4, -0.2) is 32.3 Å². The zero-order valence-corrected chi connectivity index (χ0v) is 11.6. The summed E-state index contributed by atoms with van der Waals surface area (Å²) in [5.74, 6) is -1.77. The number of carbonyl (C=O) groups is 1. The molecule has 0 saturated heterocycles. The molecule has 1 aliphatic rings. The highest BCUT2D eigenvalue weighted by molar-refractivity contribution is 7.89. The number of rotatable bonds is 3. The van der Waals surface area contributed by atoms with Gasteiger partial charge in [-0.2, -0.15) is 0 Å². The van der Waals surface area contributed by atoms with Gasteiger partial charge in [-0.05, 0) is 25.0 Å². The highest BCUT2D eigenvalue weighted by Crippen LogP contribution is 2.29. The maximum atomic E-state index is 14.1. The smallest absolute Gasteiger partial charge is 0.256 e. The molecule has 104 valence electrons. The van der Waals surface area contributed by atoms with E-state index < -0.39 is 26.6 Å². The molecule has 0 heterocycles. The Morgan fingerprint density at radius 1 is 1.47 bits per heavy atom. The van der Waals surface area contributed by atoms with Crippen molar-refractivity contribution in [3.63, 3.8) is 0 Å². The normalized spacial score (nSPS) is 15.4. The van der Waals surface area contributed by atoms with Crippen LogP contribution in [0.25, 0.3) is 0 Å². The van der Waals surface area contributed by atoms with Gasteiger partial charge in [0, 0.05) is 18.1 Å². The van der Waals surface area contributed by atoms with Crippen LogP contribution in [-0.2, 0) is 10.0 Å². The largest absolute Gasteiger partial charge is 0.339 e. The van der Waals surface area contributed by atoms with E-state index in [-0.39, 0.29) is 16.6 Å². The number of hydrogen-bond acceptors (Lipinski definition) is 3. The summed E-state index contributed by atoms with van der Waals surface area (Å²) >= 11 is 5.71. The number of carbonyl (C=O) groups excluding carboxylic acids is 1. The summed E-state index contributed by atoms with van der Waals surface area (Å²) in [5, 5.41) is 4.84. The topological polar surface area (TPSA) is 80.5 Å². The molecule has 1 aliphatic carbocycles. The fourth-order valence-electron chi connectivity index (χ4n) is 1.74. The molecule has 1 aromatic carbocycles. The van der Waals surface area contributed by atoms with E-state index in [1.807, 2.05) is 0 Å². The van der Waals surface area contributed by atoms with Crippen LogP contribution < -0.4 is 5.14 Å². The molecule has 0 atom stereocenters. The molecule has 2 N–H and O–H groups in total. The zero-order chi connectivity index (χ0) is 14.4. The van der Waals surface area contributed by atoms with E-state index in [0.29, 0.717) is 0 Å². The van der Waals surface area contributed by atoms with Crippen LogP contribution in [0, 0.1) is 5.82 Å². The lowest BCUT2D eigenvalue weighted by Gasteiger charge is -2.17. The summed E-state index contributed by atoms with van der Waals surface area (Å²) in [5.41, 5.74) is -0.383. The summed E-state index contributed by atoms with van der Waals surface area (Å²) in [6.07, 6.45) is 1.71. The standard InChI is InChI=1S/C11H12ClFN2O3S/c1-15(7-2-3-7)11(16)8-4-6(12)5-9(10(8)13)19(14,17)18/h4-5,7H,2-3H2,1H3,(H2,14,17,18). The average Bonchev–Trinajstić information content (AvgIpc) is 3.12. The van der Waals surface area contributed by atoms with Crippen LogP contribution in [0.5, 0.6) is 0 Å². The number of nitrogens with zero attached hydrogens (tertiary/aromatic N) is 1. The van der Waals surface area contributed by atoms with Gasteiger partial charge >= 0.3 is 0 Å². The van der Waals surface area contributed by atoms with Crippen LogP contribution in [0.1, 0.15) is 23.2 Å². The number of sulfonamides is 1. The molecule has 1 aromatic rings. The van der Waals surface area contributed by atoms with Crippen LogP contribution in [0.15, 0.2) is 17.0 Å². The minimum Gasteiger partial charge on any atom is -0.339 e. The molecule has 2 rings (SSSR count). The third kappa shape index (κ3) is 2.88. The van der Waals surface area contributed by atoms with Gasteiger partial charge in [0.2, 0.25) is 10.0 Å². The zero-order valence-electron chi connectivity index (χ0n) is 10.1. The highest BCUT2D eigenvalue weighted by Gasteiger charge is 2.32. The molecular weight excluding hydrogens is 295 g/mol. The third-order valence-corrected chi connectivity index (χ3v) is 4.08. The van der Waals surface area contributed by atoms with E-state index in [1.54, 1.807) is 0 Å². The molecule has 0 radical (unpaired) electrons. The second kappa shape index (κ2) is 4.73. The van der Waals surface area contributed by atoms with Crippen molar-refractivity contribution >= 4 is 27.5 Å². The second-order valence-corrected chi connectivity index (χ2v) is 6.42. The van der Waals surface area contributed by atoms with Crippen molar-refractivity contribution < 1.29 is 17.6 Å². The SMILES string of the molecule is CN(C(=O)c1cc(Cl)cc(S(N)(=O)=O)c1F)C1CC1. The average molecular weight is 307 g/mol. The van der Waals surface area contributed by atoms with Gasteiger partial charge in [0.25, 0.3) is 5.91 Å². The van der Waals surface area contributed by atoms with Gasteiger partial charge in [-0.3, -0.25) is 4.79 Å². The van der Waals surface area contributed by atoms with Crippen LogP contribution in [0.4, 0.5) is 4.39 Å². The maximum absolute atomic E-state index is 14.1. The van der Waals surface area contributed by atoms with Crippen molar-refractivity contribution in [2.24, 2.45) is 5.14 Å². The molecule has 5 nitrogen and oxygen atoms in total. The first-order valence-corrected chi connectivity index (χ1v) is 7.43. The van der Waals surface area contributed by atoms with Crippen molar-refractivity contribution in [2.45, 2.75) is 23.8 Å². The van der Waals surface area contributed by atoms with Crippen LogP contribution >= 0.6 is 11.6 Å². The van der Waals surface area contributed by atoms with Gasteiger partial charge in [0.1, 0.15) is 4.90 Å². The Balaban J connectivity index is 2.51. The van der Waals surface area contributed by atoms with E-state index >= 15 is 0 Å². The Morgan fingerprint density at radius 2 is 2.05 bits per heavy atom. The lowest BCUT2D eigenvalue weighted by atomic mass is 10.2. The minimum absolute atomic E-state index is 0.0574. The Hall–Kier alpha value is -1.18. The summed E-state index contributed by atoms with van der Waals surface area (Å²) in [6, 6.07) is 2.07. The van der Waals surface area contributed by atoms with Crippen molar-refractivity contribution in [1.29, 1.82) is 0 Å². The molecular formula is C11H12ClFN2O3S. The second-order valence-electron chi connectivity index (χ2n) is 4.46. The Kier molecular flexibility index (Phi) is 3.55. The third-order valence-electron chi connectivity index (χ3n) is 2.96. The van der Waals surface area contributed by atoms with Gasteiger partial charge in [-0.15, -0.1) is 0 Å². The molecule has 19 heavy (non-hydrogen) atoms. The quantitative estimate of drug-likeness (QED) is 0.915. The van der Waals surface area contributed by atoms with E-state index in [4.69, 9.17) is 16.7 Å². The number of halogens is 2. The summed E-state index contributed by atoms with van der Waals surface area (Å²) in [6.45, 7) is 0.